The van der Waals surface area contributed by atoms with Crippen molar-refractivity contribution >= 4 is 11.9 Å². The van der Waals surface area contributed by atoms with E-state index in [9.17, 15) is 9.59 Å². The van der Waals surface area contributed by atoms with Gasteiger partial charge in [0.2, 0.25) is 0 Å². The number of carbonyl (C=O) groups is 2. The van der Waals surface area contributed by atoms with Gasteiger partial charge in [0.05, 0.1) is 23.3 Å². The number of carbonyl (C=O) groups excluding carboxylic acids is 2. The first-order valence-electron chi connectivity index (χ1n) is 8.00. The van der Waals surface area contributed by atoms with E-state index in [4.69, 9.17) is 10.00 Å². The number of nitriles is 1. The van der Waals surface area contributed by atoms with Gasteiger partial charge in [-0.1, -0.05) is 12.1 Å². The summed E-state index contributed by atoms with van der Waals surface area (Å²) in [4.78, 5) is 27.6. The van der Waals surface area contributed by atoms with Crippen LogP contribution >= 0.6 is 0 Å². The second-order valence-electron chi connectivity index (χ2n) is 6.07. The first kappa shape index (κ1) is 18.3. The van der Waals surface area contributed by atoms with Crippen LogP contribution in [0.5, 0.6) is 0 Å². The minimum absolute atomic E-state index is 0.231. The number of nitrogens with one attached hydrogen (secondary N) is 2. The second-order valence-corrected chi connectivity index (χ2v) is 6.07. The fourth-order valence-corrected chi connectivity index (χ4v) is 2.58. The molecular formula is C19H21N3O3. The summed E-state index contributed by atoms with van der Waals surface area (Å²) < 4.78 is 5.22. The Kier molecular flexibility index (Phi) is 5.60. The number of H-pyrrole nitrogens is 1. The molecule has 1 aromatic carbocycles. The van der Waals surface area contributed by atoms with Gasteiger partial charge in [-0.15, -0.1) is 0 Å². The summed E-state index contributed by atoms with van der Waals surface area (Å²) in [6.07, 6.45) is -0.231. The average molecular weight is 339 g/mol. The molecule has 1 heterocycles. The number of hydrogen-bond acceptors (Lipinski definition) is 4. The van der Waals surface area contributed by atoms with Crippen molar-refractivity contribution in [3.63, 3.8) is 0 Å². The molecule has 130 valence electrons. The molecule has 0 aliphatic heterocycles. The molecule has 2 rings (SSSR count). The van der Waals surface area contributed by atoms with Crippen molar-refractivity contribution in [1.29, 1.82) is 5.26 Å². The summed E-state index contributed by atoms with van der Waals surface area (Å²) >= 11 is 0. The third-order valence-corrected chi connectivity index (χ3v) is 3.72. The number of hydrogen-bond donors (Lipinski definition) is 2. The topological polar surface area (TPSA) is 95.0 Å². The van der Waals surface area contributed by atoms with Gasteiger partial charge in [-0.3, -0.25) is 4.79 Å². The lowest BCUT2D eigenvalue weighted by molar-refractivity contribution is 0.0376. The molecule has 0 radical (unpaired) electrons. The Morgan fingerprint density at radius 1 is 1.32 bits per heavy atom. The number of ether oxygens (including phenoxy) is 1. The maximum atomic E-state index is 12.4. The Hall–Kier alpha value is -3.07. The number of nitrogens with zero attached hydrogens (tertiary/aromatic N) is 1. The molecule has 0 fully saturated rings. The van der Waals surface area contributed by atoms with Gasteiger partial charge in [-0.25, -0.2) is 4.79 Å². The third kappa shape index (κ3) is 4.27. The van der Waals surface area contributed by atoms with Gasteiger partial charge in [0.1, 0.15) is 5.69 Å². The lowest BCUT2D eigenvalue weighted by atomic mass is 10.1. The number of benzene rings is 1. The Morgan fingerprint density at radius 2 is 2.04 bits per heavy atom. The maximum absolute atomic E-state index is 12.4. The van der Waals surface area contributed by atoms with Crippen molar-refractivity contribution in [1.82, 2.24) is 10.3 Å². The minimum atomic E-state index is -0.443. The zero-order valence-corrected chi connectivity index (χ0v) is 14.8. The fourth-order valence-electron chi connectivity index (χ4n) is 2.58. The number of aryl methyl sites for hydroxylation is 1. The van der Waals surface area contributed by atoms with E-state index in [-0.39, 0.29) is 18.6 Å². The zero-order chi connectivity index (χ0) is 18.6. The predicted molar refractivity (Wildman–Crippen MR) is 93.1 cm³/mol. The highest BCUT2D eigenvalue weighted by Crippen LogP contribution is 2.19. The molecule has 0 saturated heterocycles. The summed E-state index contributed by atoms with van der Waals surface area (Å²) in [6, 6.07) is 9.09. The van der Waals surface area contributed by atoms with Gasteiger partial charge < -0.3 is 15.0 Å². The lowest BCUT2D eigenvalue weighted by Gasteiger charge is -2.08. The highest BCUT2D eigenvalue weighted by Gasteiger charge is 2.23. The molecule has 25 heavy (non-hydrogen) atoms. The summed E-state index contributed by atoms with van der Waals surface area (Å²) in [7, 11) is 0. The van der Waals surface area contributed by atoms with E-state index in [1.54, 1.807) is 45.9 Å². The van der Waals surface area contributed by atoms with Gasteiger partial charge in [0.25, 0.3) is 5.91 Å². The Morgan fingerprint density at radius 3 is 2.68 bits per heavy atom. The molecule has 0 bridgehead atoms. The van der Waals surface area contributed by atoms with Crippen molar-refractivity contribution in [2.24, 2.45) is 0 Å². The maximum Gasteiger partial charge on any atom is 0.340 e. The van der Waals surface area contributed by atoms with Gasteiger partial charge >= 0.3 is 5.97 Å². The molecule has 2 N–H and O–H groups in total. The molecule has 6 heteroatoms. The van der Waals surface area contributed by atoms with Crippen molar-refractivity contribution in [3.05, 3.63) is 57.9 Å². The molecule has 0 aliphatic rings. The number of esters is 1. The van der Waals surface area contributed by atoms with E-state index in [0.717, 1.165) is 5.56 Å². The standard InChI is InChI=1S/C19H21N3O3/c1-11(2)25-19(24)16-12(3)17(22-13(16)4)18(23)21-10-15-7-5-6-14(8-15)9-20/h5-8,11,22H,10H2,1-4H3,(H,21,23). The van der Waals surface area contributed by atoms with E-state index < -0.39 is 5.97 Å². The van der Waals surface area contributed by atoms with Crippen molar-refractivity contribution in [3.8, 4) is 6.07 Å². The van der Waals surface area contributed by atoms with Gasteiger partial charge in [0, 0.05) is 12.2 Å². The van der Waals surface area contributed by atoms with Crippen LogP contribution in [-0.4, -0.2) is 23.0 Å². The Labute approximate surface area is 146 Å². The van der Waals surface area contributed by atoms with Crippen LogP contribution in [0.4, 0.5) is 0 Å². The van der Waals surface area contributed by atoms with Crippen LogP contribution in [-0.2, 0) is 11.3 Å². The van der Waals surface area contributed by atoms with Crippen molar-refractivity contribution in [2.75, 3.05) is 0 Å². The normalized spacial score (nSPS) is 10.4. The average Bonchev–Trinajstić information content (AvgIpc) is 2.87. The monoisotopic (exact) mass is 339 g/mol. The van der Waals surface area contributed by atoms with Crippen LogP contribution in [0.3, 0.4) is 0 Å². The number of amides is 1. The van der Waals surface area contributed by atoms with Crippen LogP contribution in [0.25, 0.3) is 0 Å². The Bertz CT molecular complexity index is 844. The first-order chi connectivity index (χ1) is 11.8. The van der Waals surface area contributed by atoms with Crippen LogP contribution in [0.1, 0.15) is 57.1 Å². The highest BCUT2D eigenvalue weighted by molar-refractivity contribution is 6.00. The van der Waals surface area contributed by atoms with Gasteiger partial charge in [-0.2, -0.15) is 5.26 Å². The smallest absolute Gasteiger partial charge is 0.340 e. The van der Waals surface area contributed by atoms with Gasteiger partial charge in [-0.05, 0) is 51.0 Å². The predicted octanol–water partition coefficient (Wildman–Crippen LogP) is 3.00. The van der Waals surface area contributed by atoms with Crippen LogP contribution in [0.15, 0.2) is 24.3 Å². The summed E-state index contributed by atoms with van der Waals surface area (Å²) in [5, 5.41) is 11.7. The number of aromatic amines is 1. The SMILES string of the molecule is Cc1[nH]c(C(=O)NCc2cccc(C#N)c2)c(C)c1C(=O)OC(C)C. The molecule has 6 nitrogen and oxygen atoms in total. The van der Waals surface area contributed by atoms with Crippen LogP contribution in [0.2, 0.25) is 0 Å². The zero-order valence-electron chi connectivity index (χ0n) is 14.8. The molecule has 0 spiro atoms. The summed E-state index contributed by atoms with van der Waals surface area (Å²) in [5.41, 5.74) is 3.26. The quantitative estimate of drug-likeness (QED) is 0.819. The Balaban J connectivity index is 2.14. The molecule has 0 atom stereocenters. The van der Waals surface area contributed by atoms with E-state index in [2.05, 4.69) is 16.4 Å². The largest absolute Gasteiger partial charge is 0.459 e. The van der Waals surface area contributed by atoms with E-state index in [0.29, 0.717) is 28.1 Å². The lowest BCUT2D eigenvalue weighted by Crippen LogP contribution is -2.24. The molecule has 0 aliphatic carbocycles. The highest BCUT2D eigenvalue weighted by atomic mass is 16.5. The van der Waals surface area contributed by atoms with Gasteiger partial charge in [0.15, 0.2) is 0 Å². The van der Waals surface area contributed by atoms with Crippen molar-refractivity contribution < 1.29 is 14.3 Å². The first-order valence-corrected chi connectivity index (χ1v) is 8.00. The number of aromatic nitrogens is 1. The second kappa shape index (κ2) is 7.67. The molecule has 2 aromatic rings. The number of rotatable bonds is 5. The molecule has 1 amide bonds. The summed E-state index contributed by atoms with van der Waals surface area (Å²) in [5.74, 6) is -0.756. The summed E-state index contributed by atoms with van der Waals surface area (Å²) in [6.45, 7) is 7.29. The van der Waals surface area contributed by atoms with Crippen LogP contribution < -0.4 is 5.32 Å². The van der Waals surface area contributed by atoms with Crippen molar-refractivity contribution in [2.45, 2.75) is 40.3 Å². The van der Waals surface area contributed by atoms with E-state index in [1.165, 1.54) is 0 Å². The molecule has 0 unspecified atom stereocenters. The molecular weight excluding hydrogens is 318 g/mol. The minimum Gasteiger partial charge on any atom is -0.459 e. The van der Waals surface area contributed by atoms with E-state index >= 15 is 0 Å². The molecule has 0 saturated carbocycles. The van der Waals surface area contributed by atoms with Crippen LogP contribution in [0, 0.1) is 25.2 Å². The fraction of sp³-hybridized carbons (Fsp3) is 0.316. The molecule has 1 aromatic heterocycles. The third-order valence-electron chi connectivity index (χ3n) is 3.72. The van der Waals surface area contributed by atoms with E-state index in [1.807, 2.05) is 6.07 Å².